The summed E-state index contributed by atoms with van der Waals surface area (Å²) in [5.74, 6) is -2.92. The zero-order valence-electron chi connectivity index (χ0n) is 12.9. The number of alkyl halides is 2. The minimum Gasteiger partial charge on any atom is -0.369 e. The third-order valence-electron chi connectivity index (χ3n) is 4.44. The van der Waals surface area contributed by atoms with Gasteiger partial charge in [-0.05, 0) is 20.3 Å². The predicted octanol–water partition coefficient (Wildman–Crippen LogP) is 2.69. The molecule has 1 fully saturated rings. The molecule has 7 heteroatoms. The molecular formula is C15H21F2N3O2. The van der Waals surface area contributed by atoms with Crippen molar-refractivity contribution in [3.05, 3.63) is 17.0 Å². The minimum atomic E-state index is -2.67. The van der Waals surface area contributed by atoms with E-state index in [1.807, 2.05) is 13.8 Å². The number of nitrogens with one attached hydrogen (secondary N) is 1. The van der Waals surface area contributed by atoms with Crippen LogP contribution in [-0.4, -0.2) is 46.1 Å². The summed E-state index contributed by atoms with van der Waals surface area (Å²) in [5, 5.41) is 7.02. The van der Waals surface area contributed by atoms with Crippen molar-refractivity contribution in [1.29, 1.82) is 0 Å². The third-order valence-corrected chi connectivity index (χ3v) is 4.44. The van der Waals surface area contributed by atoms with Gasteiger partial charge in [-0.2, -0.15) is 5.10 Å². The average Bonchev–Trinajstić information content (AvgIpc) is 2.76. The highest BCUT2D eigenvalue weighted by molar-refractivity contribution is 5.94. The second kappa shape index (κ2) is 5.61. The Morgan fingerprint density at radius 3 is 2.91 bits per heavy atom. The van der Waals surface area contributed by atoms with Gasteiger partial charge >= 0.3 is 0 Å². The molecule has 1 saturated heterocycles. The Hall–Kier alpha value is -1.50. The number of likely N-dealkylation sites (tertiary alicyclic amines) is 1. The van der Waals surface area contributed by atoms with Crippen molar-refractivity contribution >= 4 is 5.91 Å². The number of aromatic amines is 1. The maximum Gasteiger partial charge on any atom is 0.274 e. The van der Waals surface area contributed by atoms with Crippen molar-refractivity contribution < 1.29 is 18.3 Å². The van der Waals surface area contributed by atoms with Gasteiger partial charge in [-0.1, -0.05) is 0 Å². The van der Waals surface area contributed by atoms with Gasteiger partial charge in [0.15, 0.2) is 5.69 Å². The number of halogens is 2. The van der Waals surface area contributed by atoms with Crippen molar-refractivity contribution in [3.8, 4) is 0 Å². The van der Waals surface area contributed by atoms with Crippen LogP contribution >= 0.6 is 0 Å². The van der Waals surface area contributed by atoms with Crippen LogP contribution in [0.4, 0.5) is 8.78 Å². The maximum absolute atomic E-state index is 13.4. The van der Waals surface area contributed by atoms with Crippen LogP contribution in [0.25, 0.3) is 0 Å². The van der Waals surface area contributed by atoms with E-state index >= 15 is 0 Å². The highest BCUT2D eigenvalue weighted by Gasteiger charge is 2.36. The number of hydrogen-bond acceptors (Lipinski definition) is 3. The summed E-state index contributed by atoms with van der Waals surface area (Å²) in [6.07, 6.45) is 0.377. The van der Waals surface area contributed by atoms with Gasteiger partial charge in [0.2, 0.25) is 5.92 Å². The standard InChI is InChI=1S/C15H21F2N3O2/c1-9-8-11-12(10(2)22-9)18-19-13(11)14(21)20-6-3-4-15(16,17)5-7-20/h9-10H,3-8H2,1-2H3,(H,18,19)/t9-,10+/m1/s1. The molecule has 0 radical (unpaired) electrons. The largest absolute Gasteiger partial charge is 0.369 e. The fraction of sp³-hybridized carbons (Fsp3) is 0.733. The first-order valence-electron chi connectivity index (χ1n) is 7.77. The van der Waals surface area contributed by atoms with E-state index in [9.17, 15) is 13.6 Å². The molecule has 0 aliphatic carbocycles. The van der Waals surface area contributed by atoms with Crippen molar-refractivity contribution in [2.24, 2.45) is 0 Å². The van der Waals surface area contributed by atoms with Gasteiger partial charge in [0.05, 0.1) is 17.9 Å². The van der Waals surface area contributed by atoms with Crippen molar-refractivity contribution in [3.63, 3.8) is 0 Å². The molecule has 1 aromatic rings. The van der Waals surface area contributed by atoms with Crippen LogP contribution in [0.2, 0.25) is 0 Å². The molecule has 1 N–H and O–H groups in total. The number of aromatic nitrogens is 2. The summed E-state index contributed by atoms with van der Waals surface area (Å²) in [5.41, 5.74) is 2.05. The summed E-state index contributed by atoms with van der Waals surface area (Å²) >= 11 is 0. The van der Waals surface area contributed by atoms with Gasteiger partial charge in [-0.3, -0.25) is 9.89 Å². The molecule has 1 aromatic heterocycles. The van der Waals surface area contributed by atoms with Crippen molar-refractivity contribution in [1.82, 2.24) is 15.1 Å². The Morgan fingerprint density at radius 2 is 2.14 bits per heavy atom. The number of rotatable bonds is 1. The fourth-order valence-corrected chi connectivity index (χ4v) is 3.27. The van der Waals surface area contributed by atoms with E-state index in [0.29, 0.717) is 25.1 Å². The van der Waals surface area contributed by atoms with Gasteiger partial charge in [0, 0.05) is 37.9 Å². The SMILES string of the molecule is C[C@@H]1Cc2c(C(=O)N3CCCC(F)(F)CC3)n[nH]c2[C@H](C)O1. The van der Waals surface area contributed by atoms with E-state index in [1.165, 1.54) is 4.90 Å². The van der Waals surface area contributed by atoms with Gasteiger partial charge in [-0.15, -0.1) is 0 Å². The summed E-state index contributed by atoms with van der Waals surface area (Å²) in [6.45, 7) is 4.30. The van der Waals surface area contributed by atoms with Crippen LogP contribution in [0.5, 0.6) is 0 Å². The van der Waals surface area contributed by atoms with E-state index in [4.69, 9.17) is 4.74 Å². The maximum atomic E-state index is 13.4. The van der Waals surface area contributed by atoms with E-state index < -0.39 is 5.92 Å². The van der Waals surface area contributed by atoms with Gasteiger partial charge < -0.3 is 9.64 Å². The smallest absolute Gasteiger partial charge is 0.274 e. The predicted molar refractivity (Wildman–Crippen MR) is 76.0 cm³/mol. The quantitative estimate of drug-likeness (QED) is 0.867. The zero-order chi connectivity index (χ0) is 15.9. The molecule has 1 amide bonds. The molecule has 3 rings (SSSR count). The minimum absolute atomic E-state index is 0.0140. The number of ether oxygens (including phenoxy) is 1. The first-order chi connectivity index (χ1) is 10.4. The van der Waals surface area contributed by atoms with Crippen LogP contribution in [0.1, 0.15) is 61.0 Å². The summed E-state index contributed by atoms with van der Waals surface area (Å²) in [7, 11) is 0. The number of carbonyl (C=O) groups is 1. The number of amides is 1. The molecule has 5 nitrogen and oxygen atoms in total. The van der Waals surface area contributed by atoms with Crippen LogP contribution in [0.15, 0.2) is 0 Å². The number of fused-ring (bicyclic) bond motifs is 1. The summed E-state index contributed by atoms with van der Waals surface area (Å²) in [4.78, 5) is 14.2. The lowest BCUT2D eigenvalue weighted by molar-refractivity contribution is -0.0126. The van der Waals surface area contributed by atoms with Crippen LogP contribution in [0, 0.1) is 0 Å². The average molecular weight is 313 g/mol. The Labute approximate surface area is 128 Å². The molecule has 2 atom stereocenters. The molecule has 3 heterocycles. The number of nitrogens with zero attached hydrogens (tertiary/aromatic N) is 2. The van der Waals surface area contributed by atoms with E-state index in [1.54, 1.807) is 0 Å². The molecule has 0 aromatic carbocycles. The highest BCUT2D eigenvalue weighted by atomic mass is 19.3. The summed E-state index contributed by atoms with van der Waals surface area (Å²) in [6, 6.07) is 0. The summed E-state index contributed by atoms with van der Waals surface area (Å²) < 4.78 is 32.6. The Balaban J connectivity index is 1.81. The number of carbonyl (C=O) groups excluding carboxylic acids is 1. The van der Waals surface area contributed by atoms with Crippen LogP contribution < -0.4 is 0 Å². The molecule has 0 saturated carbocycles. The Kier molecular flexibility index (Phi) is 3.92. The second-order valence-corrected chi connectivity index (χ2v) is 6.26. The second-order valence-electron chi connectivity index (χ2n) is 6.26. The van der Waals surface area contributed by atoms with E-state index in [0.717, 1.165) is 11.3 Å². The fourth-order valence-electron chi connectivity index (χ4n) is 3.27. The van der Waals surface area contributed by atoms with E-state index in [-0.39, 0.29) is 37.5 Å². The Bertz CT molecular complexity index is 573. The van der Waals surface area contributed by atoms with Gasteiger partial charge in [0.1, 0.15) is 0 Å². The van der Waals surface area contributed by atoms with Crippen LogP contribution in [-0.2, 0) is 11.2 Å². The Morgan fingerprint density at radius 1 is 1.36 bits per heavy atom. The van der Waals surface area contributed by atoms with E-state index in [2.05, 4.69) is 10.2 Å². The van der Waals surface area contributed by atoms with Crippen molar-refractivity contribution in [2.45, 2.75) is 57.7 Å². The van der Waals surface area contributed by atoms with Crippen LogP contribution in [0.3, 0.4) is 0 Å². The molecule has 0 spiro atoms. The highest BCUT2D eigenvalue weighted by Crippen LogP contribution is 2.32. The topological polar surface area (TPSA) is 58.2 Å². The zero-order valence-corrected chi connectivity index (χ0v) is 12.9. The molecule has 2 aliphatic heterocycles. The van der Waals surface area contributed by atoms with Gasteiger partial charge in [0.25, 0.3) is 5.91 Å². The molecular weight excluding hydrogens is 292 g/mol. The normalized spacial score (nSPS) is 28.1. The van der Waals surface area contributed by atoms with Crippen molar-refractivity contribution in [2.75, 3.05) is 13.1 Å². The number of hydrogen-bond donors (Lipinski definition) is 1. The number of H-pyrrole nitrogens is 1. The first-order valence-corrected chi connectivity index (χ1v) is 7.77. The molecule has 0 unspecified atom stereocenters. The lowest BCUT2D eigenvalue weighted by Crippen LogP contribution is -2.34. The molecule has 122 valence electrons. The lowest BCUT2D eigenvalue weighted by Gasteiger charge is -2.26. The molecule has 22 heavy (non-hydrogen) atoms. The monoisotopic (exact) mass is 313 g/mol. The van der Waals surface area contributed by atoms with Gasteiger partial charge in [-0.25, -0.2) is 8.78 Å². The molecule has 2 aliphatic rings. The third kappa shape index (κ3) is 2.86. The lowest BCUT2D eigenvalue weighted by atomic mass is 9.99. The molecule has 0 bridgehead atoms. The first kappa shape index (κ1) is 15.4.